The molecule has 2 heterocycles. The Morgan fingerprint density at radius 2 is 1.76 bits per heavy atom. The van der Waals surface area contributed by atoms with Crippen molar-refractivity contribution in [3.8, 4) is 11.5 Å². The van der Waals surface area contributed by atoms with Gasteiger partial charge in [0.25, 0.3) is 0 Å². The zero-order valence-corrected chi connectivity index (χ0v) is 26.5. The number of benzene rings is 3. The number of carbonyl (C=O) groups is 1. The van der Waals surface area contributed by atoms with E-state index in [0.717, 1.165) is 54.2 Å². The maximum absolute atomic E-state index is 12.6. The molecule has 0 N–H and O–H groups in total. The molecule has 0 spiro atoms. The Morgan fingerprint density at radius 1 is 1.00 bits per heavy atom. The van der Waals surface area contributed by atoms with Gasteiger partial charge in [-0.2, -0.15) is 0 Å². The minimum absolute atomic E-state index is 0.126. The number of hydrogen-bond acceptors (Lipinski definition) is 6. The van der Waals surface area contributed by atoms with Crippen LogP contribution >= 0.6 is 23.2 Å². The molecule has 8 heteroatoms. The van der Waals surface area contributed by atoms with Gasteiger partial charge in [0, 0.05) is 31.7 Å². The van der Waals surface area contributed by atoms with Gasteiger partial charge >= 0.3 is 5.97 Å². The van der Waals surface area contributed by atoms with E-state index in [-0.39, 0.29) is 24.2 Å². The lowest BCUT2D eigenvalue weighted by molar-refractivity contribution is -0.147. The molecule has 0 radical (unpaired) electrons. The molecule has 0 fully saturated rings. The molecule has 0 saturated heterocycles. The first-order valence-corrected chi connectivity index (χ1v) is 15.4. The topological polar surface area (TPSA) is 51.2 Å². The summed E-state index contributed by atoms with van der Waals surface area (Å²) in [7, 11) is 3.59. The molecule has 6 nitrogen and oxygen atoms in total. The van der Waals surface area contributed by atoms with Gasteiger partial charge in [0.05, 0.1) is 17.2 Å². The van der Waals surface area contributed by atoms with Gasteiger partial charge in [-0.05, 0) is 78.4 Å². The number of likely N-dealkylation sites (N-methyl/N-ethyl adjacent to an activating group) is 1. The van der Waals surface area contributed by atoms with Crippen LogP contribution in [0, 0.1) is 5.92 Å². The molecule has 0 saturated carbocycles. The summed E-state index contributed by atoms with van der Waals surface area (Å²) >= 11 is 12.4. The number of rotatable bonds is 8. The lowest BCUT2D eigenvalue weighted by atomic mass is 9.91. The molecule has 0 bridgehead atoms. The highest BCUT2D eigenvalue weighted by molar-refractivity contribution is 6.42. The molecule has 5 rings (SSSR count). The van der Waals surface area contributed by atoms with E-state index in [2.05, 4.69) is 61.9 Å². The third-order valence-electron chi connectivity index (χ3n) is 8.09. The molecule has 3 aromatic rings. The van der Waals surface area contributed by atoms with E-state index in [9.17, 15) is 4.79 Å². The monoisotopic (exact) mass is 610 g/mol. The molecule has 224 valence electrons. The minimum atomic E-state index is -0.259. The van der Waals surface area contributed by atoms with Crippen LogP contribution in [0.15, 0.2) is 54.6 Å². The fraction of sp³-hybridized carbons (Fsp3) is 0.441. The first kappa shape index (κ1) is 30.7. The molecule has 2 aliphatic rings. The summed E-state index contributed by atoms with van der Waals surface area (Å²) in [6.07, 6.45) is 1.20. The van der Waals surface area contributed by atoms with Crippen LogP contribution in [0.5, 0.6) is 11.5 Å². The third kappa shape index (κ3) is 6.89. The Bertz CT molecular complexity index is 1410. The van der Waals surface area contributed by atoms with E-state index >= 15 is 0 Å². The molecule has 0 unspecified atom stereocenters. The molecule has 0 aliphatic carbocycles. The number of carbonyl (C=O) groups excluding carboxylic acids is 1. The molecular formula is C34H40Cl2N2O4. The van der Waals surface area contributed by atoms with Crippen LogP contribution in [-0.2, 0) is 29.0 Å². The lowest BCUT2D eigenvalue weighted by Gasteiger charge is -2.36. The third-order valence-corrected chi connectivity index (χ3v) is 8.83. The number of hydrogen-bond donors (Lipinski definition) is 0. The Morgan fingerprint density at radius 3 is 2.43 bits per heavy atom. The van der Waals surface area contributed by atoms with Crippen LogP contribution in [0.25, 0.3) is 0 Å². The largest absolute Gasteiger partial charge is 0.486 e. The summed E-state index contributed by atoms with van der Waals surface area (Å²) in [6, 6.07) is 18.0. The van der Waals surface area contributed by atoms with Gasteiger partial charge in [0.2, 0.25) is 0 Å². The predicted octanol–water partition coefficient (Wildman–Crippen LogP) is 7.64. The number of halogens is 2. The standard InChI is InChI=1S/C34H40Cl2N2O4/c1-6-31(23-9-12-28(35)29(36)14-23)41-27-10-7-22(8-11-27)33-20-37(4)18-26-13-24-15-30(34(39)40-5)38(17-21(2)3)19-25(24)16-32(26)42-33/h7-14,16,21,30-31,33H,6,15,17-20H2,1-5H3/t30-,31+,33+/m0/s1. The molecule has 42 heavy (non-hydrogen) atoms. The molecule has 2 aliphatic heterocycles. The van der Waals surface area contributed by atoms with Gasteiger partial charge in [0.1, 0.15) is 29.7 Å². The van der Waals surface area contributed by atoms with E-state index in [4.69, 9.17) is 37.4 Å². The minimum Gasteiger partial charge on any atom is -0.486 e. The average Bonchev–Trinajstić information content (AvgIpc) is 3.13. The first-order valence-electron chi connectivity index (χ1n) is 14.7. The molecule has 3 aromatic carbocycles. The number of esters is 1. The fourth-order valence-electron chi connectivity index (χ4n) is 6.01. The van der Waals surface area contributed by atoms with Crippen LogP contribution in [0.1, 0.15) is 67.2 Å². The van der Waals surface area contributed by atoms with Crippen LogP contribution in [0.4, 0.5) is 0 Å². The summed E-state index contributed by atoms with van der Waals surface area (Å²) in [5.74, 6) is 1.98. The molecular weight excluding hydrogens is 571 g/mol. The van der Waals surface area contributed by atoms with Gasteiger partial charge in [-0.1, -0.05) is 68.2 Å². The Balaban J connectivity index is 1.35. The number of methoxy groups -OCH3 is 1. The summed E-state index contributed by atoms with van der Waals surface area (Å²) in [5.41, 5.74) is 5.65. The highest BCUT2D eigenvalue weighted by atomic mass is 35.5. The summed E-state index contributed by atoms with van der Waals surface area (Å²) < 4.78 is 18.2. The number of nitrogens with zero attached hydrogens (tertiary/aromatic N) is 2. The van der Waals surface area contributed by atoms with Gasteiger partial charge in [-0.25, -0.2) is 0 Å². The van der Waals surface area contributed by atoms with Gasteiger partial charge in [-0.15, -0.1) is 0 Å². The van der Waals surface area contributed by atoms with Gasteiger partial charge < -0.3 is 14.2 Å². The van der Waals surface area contributed by atoms with E-state index in [1.54, 1.807) is 0 Å². The highest BCUT2D eigenvalue weighted by Crippen LogP contribution is 2.37. The van der Waals surface area contributed by atoms with Crippen molar-refractivity contribution in [2.45, 2.75) is 65.0 Å². The summed E-state index contributed by atoms with van der Waals surface area (Å²) in [6.45, 7) is 9.51. The average molecular weight is 612 g/mol. The quantitative estimate of drug-likeness (QED) is 0.244. The Kier molecular flexibility index (Phi) is 9.68. The van der Waals surface area contributed by atoms with Crippen molar-refractivity contribution in [2.24, 2.45) is 5.92 Å². The number of ether oxygens (including phenoxy) is 3. The van der Waals surface area contributed by atoms with Gasteiger partial charge in [-0.3, -0.25) is 14.6 Å². The van der Waals surface area contributed by atoms with Crippen molar-refractivity contribution in [1.29, 1.82) is 0 Å². The van der Waals surface area contributed by atoms with E-state index < -0.39 is 0 Å². The summed E-state index contributed by atoms with van der Waals surface area (Å²) in [5, 5.41) is 1.06. The lowest BCUT2D eigenvalue weighted by Crippen LogP contribution is -2.47. The van der Waals surface area contributed by atoms with Gasteiger partial charge in [0.15, 0.2) is 0 Å². The zero-order valence-electron chi connectivity index (χ0n) is 25.0. The van der Waals surface area contributed by atoms with Crippen LogP contribution < -0.4 is 9.47 Å². The molecule has 0 aromatic heterocycles. The van der Waals surface area contributed by atoms with Crippen molar-refractivity contribution in [3.05, 3.63) is 92.5 Å². The van der Waals surface area contributed by atoms with Crippen LogP contribution in [0.2, 0.25) is 10.0 Å². The predicted molar refractivity (Wildman–Crippen MR) is 167 cm³/mol. The highest BCUT2D eigenvalue weighted by Gasteiger charge is 2.34. The SMILES string of the molecule is CC[C@@H](Oc1ccc([C@H]2CN(C)Cc3cc4c(cc3O2)CN(CC(C)C)[C@H](C(=O)OC)C4)cc1)c1ccc(Cl)c(Cl)c1. The first-order chi connectivity index (χ1) is 20.1. The maximum Gasteiger partial charge on any atom is 0.323 e. The second-order valence-corrected chi connectivity index (χ2v) is 12.7. The zero-order chi connectivity index (χ0) is 30.0. The summed E-state index contributed by atoms with van der Waals surface area (Å²) in [4.78, 5) is 17.2. The molecule has 0 amide bonds. The number of fused-ring (bicyclic) bond motifs is 2. The van der Waals surface area contributed by atoms with E-state index in [1.807, 2.05) is 30.3 Å². The Labute approximate surface area is 259 Å². The normalized spacial score (nSPS) is 19.8. The van der Waals surface area contributed by atoms with E-state index in [0.29, 0.717) is 28.9 Å². The second-order valence-electron chi connectivity index (χ2n) is 11.9. The van der Waals surface area contributed by atoms with Crippen molar-refractivity contribution in [1.82, 2.24) is 9.80 Å². The van der Waals surface area contributed by atoms with Crippen LogP contribution in [0.3, 0.4) is 0 Å². The van der Waals surface area contributed by atoms with Crippen molar-refractivity contribution in [3.63, 3.8) is 0 Å². The van der Waals surface area contributed by atoms with Crippen molar-refractivity contribution < 1.29 is 19.0 Å². The smallest absolute Gasteiger partial charge is 0.323 e. The second kappa shape index (κ2) is 13.3. The van der Waals surface area contributed by atoms with Crippen molar-refractivity contribution in [2.75, 3.05) is 27.2 Å². The fourth-order valence-corrected chi connectivity index (χ4v) is 6.32. The molecule has 3 atom stereocenters. The van der Waals surface area contributed by atoms with E-state index in [1.165, 1.54) is 18.2 Å². The van der Waals surface area contributed by atoms with Crippen LogP contribution in [-0.4, -0.2) is 49.1 Å². The maximum atomic E-state index is 12.6. The Hall–Kier alpha value is -2.77. The van der Waals surface area contributed by atoms with Crippen molar-refractivity contribution >= 4 is 29.2 Å².